The molecule has 0 spiro atoms. The van der Waals surface area contributed by atoms with Gasteiger partial charge in [-0.1, -0.05) is 55.7 Å². The van der Waals surface area contributed by atoms with Gasteiger partial charge in [-0.05, 0) is 30.0 Å². The van der Waals surface area contributed by atoms with E-state index in [0.717, 1.165) is 29.5 Å². The Hall–Kier alpha value is -2.30. The predicted octanol–water partition coefficient (Wildman–Crippen LogP) is 7.81. The van der Waals surface area contributed by atoms with Gasteiger partial charge in [0.1, 0.15) is 5.82 Å². The minimum Gasteiger partial charge on any atom is -0.253 e. The number of thiophene rings is 2. The van der Waals surface area contributed by atoms with Crippen LogP contribution in [0.5, 0.6) is 0 Å². The molecule has 1 nitrogen and oxygen atoms in total. The Morgan fingerprint density at radius 1 is 1.00 bits per heavy atom. The second-order valence-electron chi connectivity index (χ2n) is 7.36. The largest absolute Gasteiger partial charge is 0.253 e. The van der Waals surface area contributed by atoms with Crippen LogP contribution in [0.15, 0.2) is 54.7 Å². The average Bonchev–Trinajstić information content (AvgIpc) is 3.23. The van der Waals surface area contributed by atoms with Gasteiger partial charge in [-0.2, -0.15) is 0 Å². The van der Waals surface area contributed by atoms with Crippen LogP contribution in [0.2, 0.25) is 0 Å². The summed E-state index contributed by atoms with van der Waals surface area (Å²) in [4.78, 5) is 4.36. The zero-order valence-corrected chi connectivity index (χ0v) is 16.7. The summed E-state index contributed by atoms with van der Waals surface area (Å²) in [5.74, 6) is -0.669. The van der Waals surface area contributed by atoms with Gasteiger partial charge in [0.2, 0.25) is 0 Å². The summed E-state index contributed by atoms with van der Waals surface area (Å²) < 4.78 is 36.6. The average molecular weight is 406 g/mol. The minimum absolute atomic E-state index is 0.114. The SMILES string of the molecule is [2H]C([2H])(c1cc(-c2cccc3c2sc2c4ccccc4sc32)ncc1F)C1CCC1. The van der Waals surface area contributed by atoms with Gasteiger partial charge < -0.3 is 0 Å². The molecule has 0 N–H and O–H groups in total. The number of aromatic nitrogens is 1. The van der Waals surface area contributed by atoms with Crippen LogP contribution in [-0.4, -0.2) is 4.98 Å². The Bertz CT molecular complexity index is 1430. The van der Waals surface area contributed by atoms with E-state index in [9.17, 15) is 4.39 Å². The molecule has 0 radical (unpaired) electrons. The molecular weight excluding hydrogens is 385 g/mol. The molecule has 6 rings (SSSR count). The van der Waals surface area contributed by atoms with E-state index in [1.165, 1.54) is 31.1 Å². The Kier molecular flexibility index (Phi) is 3.33. The molecule has 1 aliphatic carbocycles. The van der Waals surface area contributed by atoms with Gasteiger partial charge in [0.05, 0.1) is 21.3 Å². The molecule has 28 heavy (non-hydrogen) atoms. The van der Waals surface area contributed by atoms with Crippen LogP contribution >= 0.6 is 22.7 Å². The fraction of sp³-hybridized carbons (Fsp3) is 0.208. The highest BCUT2D eigenvalue weighted by atomic mass is 32.1. The van der Waals surface area contributed by atoms with Crippen LogP contribution in [0.1, 0.15) is 27.6 Å². The van der Waals surface area contributed by atoms with Crippen LogP contribution in [0.4, 0.5) is 4.39 Å². The van der Waals surface area contributed by atoms with Crippen molar-refractivity contribution in [2.45, 2.75) is 25.6 Å². The maximum Gasteiger partial charge on any atom is 0.144 e. The molecule has 3 aromatic heterocycles. The van der Waals surface area contributed by atoms with Gasteiger partial charge in [-0.15, -0.1) is 22.7 Å². The standard InChI is InChI=1S/C24H18FNS2/c25-19-13-26-20(12-15(19)11-14-5-3-6-14)16-8-4-9-18-22(16)28-23-17-7-1-2-10-21(17)27-24(18)23/h1-2,4,7-10,12-14H,3,5-6,11H2/i11D2. The zero-order chi connectivity index (χ0) is 20.5. The molecule has 5 aromatic rings. The number of hydrogen-bond donors (Lipinski definition) is 0. The molecular formula is C24H18FNS2. The topological polar surface area (TPSA) is 12.9 Å². The molecule has 1 aliphatic rings. The number of rotatable bonds is 3. The third kappa shape index (κ3) is 2.51. The third-order valence-electron chi connectivity index (χ3n) is 5.61. The molecule has 0 atom stereocenters. The first-order chi connectivity index (χ1) is 14.5. The number of pyridine rings is 1. The minimum atomic E-state index is -1.67. The van der Waals surface area contributed by atoms with Crippen LogP contribution in [0.3, 0.4) is 0 Å². The highest BCUT2D eigenvalue weighted by molar-refractivity contribution is 7.36. The van der Waals surface area contributed by atoms with Gasteiger partial charge in [0, 0.05) is 28.5 Å². The number of hydrogen-bond acceptors (Lipinski definition) is 3. The Balaban J connectivity index is 1.56. The lowest BCUT2D eigenvalue weighted by Crippen LogP contribution is -2.14. The maximum absolute atomic E-state index is 14.6. The monoisotopic (exact) mass is 405 g/mol. The number of nitrogens with zero attached hydrogens (tertiary/aromatic N) is 1. The van der Waals surface area contributed by atoms with Crippen LogP contribution < -0.4 is 0 Å². The first-order valence-electron chi connectivity index (χ1n) is 10.5. The summed E-state index contributed by atoms with van der Waals surface area (Å²) in [5, 5.41) is 2.45. The quantitative estimate of drug-likeness (QED) is 0.298. The van der Waals surface area contributed by atoms with Crippen molar-refractivity contribution in [1.82, 2.24) is 4.98 Å². The van der Waals surface area contributed by atoms with Crippen LogP contribution in [0.25, 0.3) is 40.8 Å². The Morgan fingerprint density at radius 3 is 2.68 bits per heavy atom. The third-order valence-corrected chi connectivity index (χ3v) is 8.22. The van der Waals surface area contributed by atoms with Gasteiger partial charge >= 0.3 is 0 Å². The zero-order valence-electron chi connectivity index (χ0n) is 17.0. The van der Waals surface area contributed by atoms with Crippen molar-refractivity contribution >= 4 is 52.2 Å². The normalized spacial score (nSPS) is 16.5. The van der Waals surface area contributed by atoms with E-state index >= 15 is 0 Å². The van der Waals surface area contributed by atoms with Gasteiger partial charge in [-0.3, -0.25) is 4.98 Å². The first-order valence-corrected chi connectivity index (χ1v) is 11.2. The van der Waals surface area contributed by atoms with Crippen molar-refractivity contribution in [3.63, 3.8) is 0 Å². The summed E-state index contributed by atoms with van der Waals surface area (Å²) in [6, 6.07) is 16.2. The molecule has 4 heteroatoms. The van der Waals surface area contributed by atoms with Crippen molar-refractivity contribution < 1.29 is 7.13 Å². The van der Waals surface area contributed by atoms with E-state index in [-0.39, 0.29) is 11.5 Å². The van der Waals surface area contributed by atoms with Crippen molar-refractivity contribution in [3.8, 4) is 11.3 Å². The molecule has 2 aromatic carbocycles. The fourth-order valence-corrected chi connectivity index (χ4v) is 6.66. The molecule has 0 amide bonds. The maximum atomic E-state index is 14.6. The number of halogens is 1. The van der Waals surface area contributed by atoms with E-state index in [1.54, 1.807) is 28.7 Å². The summed E-state index contributed by atoms with van der Waals surface area (Å²) in [7, 11) is 0. The van der Waals surface area contributed by atoms with E-state index in [1.807, 2.05) is 12.1 Å². The number of fused-ring (bicyclic) bond motifs is 5. The van der Waals surface area contributed by atoms with E-state index in [0.29, 0.717) is 5.69 Å². The molecule has 0 aliphatic heterocycles. The Labute approximate surface area is 173 Å². The molecule has 1 fully saturated rings. The lowest BCUT2D eigenvalue weighted by Gasteiger charge is -2.25. The van der Waals surface area contributed by atoms with Gasteiger partial charge in [-0.25, -0.2) is 4.39 Å². The van der Waals surface area contributed by atoms with Crippen LogP contribution in [0, 0.1) is 11.7 Å². The van der Waals surface area contributed by atoms with Crippen molar-refractivity contribution in [2.75, 3.05) is 0 Å². The van der Waals surface area contributed by atoms with E-state index in [2.05, 4.69) is 35.3 Å². The fourth-order valence-electron chi connectivity index (χ4n) is 3.90. The van der Waals surface area contributed by atoms with Crippen molar-refractivity contribution in [1.29, 1.82) is 0 Å². The van der Waals surface area contributed by atoms with E-state index < -0.39 is 12.2 Å². The van der Waals surface area contributed by atoms with Crippen LogP contribution in [-0.2, 0) is 6.37 Å². The summed E-state index contributed by atoms with van der Waals surface area (Å²) >= 11 is 3.54. The van der Waals surface area contributed by atoms with Gasteiger partial charge in [0.25, 0.3) is 0 Å². The summed E-state index contributed by atoms with van der Waals surface area (Å²) in [6.45, 7) is 0. The second kappa shape index (κ2) is 6.36. The highest BCUT2D eigenvalue weighted by Gasteiger charge is 2.21. The Morgan fingerprint density at radius 2 is 1.82 bits per heavy atom. The molecule has 0 saturated heterocycles. The van der Waals surface area contributed by atoms with Crippen molar-refractivity contribution in [3.05, 3.63) is 66.1 Å². The molecule has 3 heterocycles. The van der Waals surface area contributed by atoms with Gasteiger partial charge in [0.15, 0.2) is 0 Å². The highest BCUT2D eigenvalue weighted by Crippen LogP contribution is 2.46. The first kappa shape index (κ1) is 14.7. The lowest BCUT2D eigenvalue weighted by atomic mass is 9.81. The lowest BCUT2D eigenvalue weighted by molar-refractivity contribution is 0.311. The molecule has 0 unspecified atom stereocenters. The smallest absolute Gasteiger partial charge is 0.144 e. The van der Waals surface area contributed by atoms with Crippen molar-refractivity contribution in [2.24, 2.45) is 5.92 Å². The molecule has 138 valence electrons. The predicted molar refractivity (Wildman–Crippen MR) is 119 cm³/mol. The number of benzene rings is 2. The second-order valence-corrected chi connectivity index (χ2v) is 9.44. The summed E-state index contributed by atoms with van der Waals surface area (Å²) in [5.41, 5.74) is 1.71. The van der Waals surface area contributed by atoms with E-state index in [4.69, 9.17) is 2.74 Å². The summed E-state index contributed by atoms with van der Waals surface area (Å²) in [6.07, 6.45) is 2.16. The molecule has 1 saturated carbocycles. The molecule has 0 bridgehead atoms.